The summed E-state index contributed by atoms with van der Waals surface area (Å²) in [5.74, 6) is 1.31. The first kappa shape index (κ1) is 26.0. The third kappa shape index (κ3) is 5.92. The molecule has 0 N–H and O–H groups in total. The lowest BCUT2D eigenvalue weighted by atomic mass is 9.88. The van der Waals surface area contributed by atoms with Crippen LogP contribution < -0.4 is 10.3 Å². The van der Waals surface area contributed by atoms with Gasteiger partial charge in [0.2, 0.25) is 0 Å². The highest BCUT2D eigenvalue weighted by molar-refractivity contribution is 9.10. The molecular weight excluding hydrogens is 573 g/mol. The van der Waals surface area contributed by atoms with Crippen molar-refractivity contribution in [2.24, 2.45) is 5.10 Å². The van der Waals surface area contributed by atoms with Gasteiger partial charge < -0.3 is 4.74 Å². The molecule has 0 amide bonds. The highest BCUT2D eigenvalue weighted by atomic mass is 79.9. The molecule has 1 fully saturated rings. The van der Waals surface area contributed by atoms with Crippen molar-refractivity contribution in [1.82, 2.24) is 9.66 Å². The Hall–Kier alpha value is -2.67. The van der Waals surface area contributed by atoms with E-state index in [1.54, 1.807) is 24.4 Å². The number of halogens is 3. The summed E-state index contributed by atoms with van der Waals surface area (Å²) >= 11 is 16.5. The first-order valence-corrected chi connectivity index (χ1v) is 13.9. The van der Waals surface area contributed by atoms with Crippen LogP contribution in [0.5, 0.6) is 5.75 Å². The lowest BCUT2D eigenvalue weighted by Crippen LogP contribution is -2.25. The van der Waals surface area contributed by atoms with Gasteiger partial charge in [-0.1, -0.05) is 88.2 Å². The van der Waals surface area contributed by atoms with E-state index in [-0.39, 0.29) is 11.5 Å². The van der Waals surface area contributed by atoms with E-state index >= 15 is 0 Å². The molecule has 0 saturated heterocycles. The molecule has 0 bridgehead atoms. The van der Waals surface area contributed by atoms with Crippen molar-refractivity contribution < 1.29 is 4.74 Å². The average molecular weight is 599 g/mol. The second-order valence-corrected chi connectivity index (χ2v) is 11.1. The third-order valence-corrected chi connectivity index (χ3v) is 7.71. The van der Waals surface area contributed by atoms with Gasteiger partial charge in [0, 0.05) is 10.4 Å². The minimum absolute atomic E-state index is 0.191. The number of hydrogen-bond donors (Lipinski definition) is 0. The summed E-state index contributed by atoms with van der Waals surface area (Å²) in [4.78, 5) is 18.4. The molecule has 1 aliphatic carbocycles. The van der Waals surface area contributed by atoms with Gasteiger partial charge in [0.25, 0.3) is 5.56 Å². The van der Waals surface area contributed by atoms with Gasteiger partial charge in [0.1, 0.15) is 12.4 Å². The summed E-state index contributed by atoms with van der Waals surface area (Å²) in [5.41, 5.74) is 3.35. The molecule has 1 aromatic heterocycles. The maximum Gasteiger partial charge on any atom is 0.282 e. The van der Waals surface area contributed by atoms with E-state index in [9.17, 15) is 4.79 Å². The number of fused-ring (bicyclic) bond motifs is 1. The van der Waals surface area contributed by atoms with Gasteiger partial charge in [-0.15, -0.1) is 0 Å². The van der Waals surface area contributed by atoms with Crippen LogP contribution >= 0.6 is 39.1 Å². The summed E-state index contributed by atoms with van der Waals surface area (Å²) in [6.07, 6.45) is 7.04. The SMILES string of the molecule is Cc1ccc(COc2c(Cl)cc(C=Nn3c(C4CCCCC4)nc4ccc(Br)cc4c3=O)cc2Cl)cc1. The largest absolute Gasteiger partial charge is 0.486 e. The lowest BCUT2D eigenvalue weighted by Gasteiger charge is -2.22. The molecule has 1 aliphatic rings. The molecule has 37 heavy (non-hydrogen) atoms. The van der Waals surface area contributed by atoms with Crippen LogP contribution in [0.25, 0.3) is 10.9 Å². The highest BCUT2D eigenvalue weighted by Gasteiger charge is 2.22. The Morgan fingerprint density at radius 3 is 2.46 bits per heavy atom. The van der Waals surface area contributed by atoms with Crippen molar-refractivity contribution >= 4 is 56.2 Å². The summed E-state index contributed by atoms with van der Waals surface area (Å²) in [6.45, 7) is 2.39. The maximum atomic E-state index is 13.5. The molecule has 8 heteroatoms. The summed E-state index contributed by atoms with van der Waals surface area (Å²) in [6, 6.07) is 17.1. The van der Waals surface area contributed by atoms with Gasteiger partial charge in [0.05, 0.1) is 27.2 Å². The van der Waals surface area contributed by atoms with Crippen LogP contribution in [0.1, 0.15) is 60.5 Å². The van der Waals surface area contributed by atoms with E-state index in [4.69, 9.17) is 32.9 Å². The number of ether oxygens (including phenoxy) is 1. The molecule has 0 unspecified atom stereocenters. The zero-order valence-corrected chi connectivity index (χ0v) is 23.5. The van der Waals surface area contributed by atoms with Crippen molar-refractivity contribution in [2.75, 3.05) is 0 Å². The Morgan fingerprint density at radius 2 is 1.76 bits per heavy atom. The standard InChI is InChI=1S/C29H26BrCl2N3O2/c1-18-7-9-19(10-8-18)17-37-27-24(31)13-20(14-25(27)32)16-33-35-28(21-5-3-2-4-6-21)34-26-12-11-22(30)15-23(26)29(35)36/h7-16,21H,2-6,17H2,1H3. The second-order valence-electron chi connectivity index (χ2n) is 9.42. The van der Waals surface area contributed by atoms with Crippen LogP contribution in [0.3, 0.4) is 0 Å². The minimum atomic E-state index is -0.196. The maximum absolute atomic E-state index is 13.5. The number of hydrogen-bond acceptors (Lipinski definition) is 4. The van der Waals surface area contributed by atoms with E-state index in [0.29, 0.717) is 44.7 Å². The number of benzene rings is 3. The van der Waals surface area contributed by atoms with Crippen LogP contribution in [-0.2, 0) is 6.61 Å². The molecular formula is C29H26BrCl2N3O2. The molecule has 190 valence electrons. The predicted molar refractivity (Wildman–Crippen MR) is 154 cm³/mol. The van der Waals surface area contributed by atoms with Gasteiger partial charge >= 0.3 is 0 Å². The zero-order chi connectivity index (χ0) is 25.9. The lowest BCUT2D eigenvalue weighted by molar-refractivity contribution is 0.306. The van der Waals surface area contributed by atoms with Crippen molar-refractivity contribution in [1.29, 1.82) is 0 Å². The Labute approximate surface area is 234 Å². The minimum Gasteiger partial charge on any atom is -0.486 e. The highest BCUT2D eigenvalue weighted by Crippen LogP contribution is 2.35. The van der Waals surface area contributed by atoms with E-state index in [1.807, 2.05) is 43.3 Å². The smallest absolute Gasteiger partial charge is 0.282 e. The van der Waals surface area contributed by atoms with Gasteiger partial charge in [-0.2, -0.15) is 9.78 Å². The van der Waals surface area contributed by atoms with E-state index in [0.717, 1.165) is 35.7 Å². The topological polar surface area (TPSA) is 56.5 Å². The van der Waals surface area contributed by atoms with Crippen molar-refractivity contribution in [3.63, 3.8) is 0 Å². The molecule has 4 aromatic rings. The number of aryl methyl sites for hydroxylation is 1. The average Bonchev–Trinajstić information content (AvgIpc) is 2.89. The fourth-order valence-corrected chi connectivity index (χ4v) is 5.63. The fraction of sp³-hybridized carbons (Fsp3) is 0.276. The van der Waals surface area contributed by atoms with Crippen LogP contribution in [-0.4, -0.2) is 15.9 Å². The van der Waals surface area contributed by atoms with Crippen molar-refractivity contribution in [2.45, 2.75) is 51.6 Å². The van der Waals surface area contributed by atoms with Crippen LogP contribution in [0.2, 0.25) is 10.0 Å². The van der Waals surface area contributed by atoms with Gasteiger partial charge in [-0.3, -0.25) is 4.79 Å². The van der Waals surface area contributed by atoms with Gasteiger partial charge in [-0.05, 0) is 61.2 Å². The van der Waals surface area contributed by atoms with E-state index in [2.05, 4.69) is 21.0 Å². The Bertz CT molecular complexity index is 1500. The second kappa shape index (κ2) is 11.4. The summed E-state index contributed by atoms with van der Waals surface area (Å²) in [5, 5.41) is 5.86. The number of aromatic nitrogens is 2. The Balaban J connectivity index is 1.47. The molecule has 1 saturated carbocycles. The van der Waals surface area contributed by atoms with Crippen LogP contribution in [0, 0.1) is 6.92 Å². The number of nitrogens with zero attached hydrogens (tertiary/aromatic N) is 3. The van der Waals surface area contributed by atoms with Gasteiger partial charge in [-0.25, -0.2) is 4.98 Å². The summed E-state index contributed by atoms with van der Waals surface area (Å²) in [7, 11) is 0. The molecule has 0 spiro atoms. The quantitative estimate of drug-likeness (QED) is 0.210. The van der Waals surface area contributed by atoms with Gasteiger partial charge in [0.15, 0.2) is 5.75 Å². The summed E-state index contributed by atoms with van der Waals surface area (Å²) < 4.78 is 8.17. The number of rotatable bonds is 6. The molecule has 5 nitrogen and oxygen atoms in total. The molecule has 1 heterocycles. The molecule has 3 aromatic carbocycles. The van der Waals surface area contributed by atoms with E-state index < -0.39 is 0 Å². The normalized spacial score (nSPS) is 14.5. The van der Waals surface area contributed by atoms with Crippen LogP contribution in [0.4, 0.5) is 0 Å². The van der Waals surface area contributed by atoms with Crippen molar-refractivity contribution in [3.05, 3.63) is 102 Å². The Morgan fingerprint density at radius 1 is 1.05 bits per heavy atom. The fourth-order valence-electron chi connectivity index (χ4n) is 4.66. The first-order chi connectivity index (χ1) is 17.9. The molecule has 0 radical (unpaired) electrons. The van der Waals surface area contributed by atoms with E-state index in [1.165, 1.54) is 16.7 Å². The molecule has 0 aliphatic heterocycles. The zero-order valence-electron chi connectivity index (χ0n) is 20.4. The first-order valence-electron chi connectivity index (χ1n) is 12.3. The van der Waals surface area contributed by atoms with Crippen LogP contribution in [0.15, 0.2) is 69.0 Å². The van der Waals surface area contributed by atoms with Crippen molar-refractivity contribution in [3.8, 4) is 5.75 Å². The predicted octanol–water partition coefficient (Wildman–Crippen LogP) is 8.28. The molecule has 0 atom stereocenters. The monoisotopic (exact) mass is 597 g/mol. The third-order valence-electron chi connectivity index (χ3n) is 6.65. The molecule has 5 rings (SSSR count). The Kier molecular flexibility index (Phi) is 7.98.